The predicted molar refractivity (Wildman–Crippen MR) is 115 cm³/mol. The normalized spacial score (nSPS) is 12.1. The van der Waals surface area contributed by atoms with Gasteiger partial charge in [-0.1, -0.05) is 13.0 Å². The number of ether oxygens (including phenoxy) is 1. The lowest BCUT2D eigenvalue weighted by Gasteiger charge is -2.11. The van der Waals surface area contributed by atoms with Gasteiger partial charge in [0.05, 0.1) is 16.9 Å². The lowest BCUT2D eigenvalue weighted by molar-refractivity contribution is -0.144. The summed E-state index contributed by atoms with van der Waals surface area (Å²) in [6.45, 7) is 1.10. The van der Waals surface area contributed by atoms with E-state index in [-0.39, 0.29) is 17.9 Å². The molecule has 182 valence electrons. The third-order valence-corrected chi connectivity index (χ3v) is 6.35. The van der Waals surface area contributed by atoms with Gasteiger partial charge in [0, 0.05) is 29.6 Å². The van der Waals surface area contributed by atoms with Crippen LogP contribution in [0, 0.1) is 0 Å². The van der Waals surface area contributed by atoms with E-state index < -0.39 is 51.2 Å². The van der Waals surface area contributed by atoms with E-state index in [0.717, 1.165) is 24.3 Å². The van der Waals surface area contributed by atoms with Gasteiger partial charge in [0.1, 0.15) is 17.9 Å². The van der Waals surface area contributed by atoms with Gasteiger partial charge in [-0.2, -0.15) is 13.2 Å². The standard InChI is InChI=1S/C22H20F3NO7S/c1-2-13-8-17-14(9-21(29)33-19(17)11-18(13)27)12-32-20(28)6-7-26-34(30,31)16-5-3-4-15(10-16)22(23,24)25/h3-5,8-11,26-27H,2,6-7,12H2,1H3. The fraction of sp³-hybridized carbons (Fsp3) is 0.273. The molecule has 0 saturated heterocycles. The Kier molecular flexibility index (Phi) is 7.32. The number of hydrogen-bond donors (Lipinski definition) is 2. The van der Waals surface area contributed by atoms with Gasteiger partial charge in [-0.3, -0.25) is 4.79 Å². The van der Waals surface area contributed by atoms with Crippen molar-refractivity contribution < 1.29 is 40.6 Å². The van der Waals surface area contributed by atoms with Gasteiger partial charge in [-0.05, 0) is 36.2 Å². The Labute approximate surface area is 192 Å². The molecule has 0 radical (unpaired) electrons. The Morgan fingerprint density at radius 3 is 2.56 bits per heavy atom. The smallest absolute Gasteiger partial charge is 0.416 e. The summed E-state index contributed by atoms with van der Waals surface area (Å²) in [7, 11) is -4.29. The second kappa shape index (κ2) is 9.85. The van der Waals surface area contributed by atoms with E-state index >= 15 is 0 Å². The Morgan fingerprint density at radius 2 is 1.88 bits per heavy atom. The average molecular weight is 499 g/mol. The SMILES string of the molecule is CCc1cc2c(COC(=O)CCNS(=O)(=O)c3cccc(C(F)(F)F)c3)cc(=O)oc2cc1O. The van der Waals surface area contributed by atoms with Crippen LogP contribution in [0.1, 0.15) is 30.0 Å². The number of nitrogens with one attached hydrogen (secondary N) is 1. The molecule has 0 aliphatic carbocycles. The first-order chi connectivity index (χ1) is 15.9. The second-order valence-electron chi connectivity index (χ2n) is 7.26. The van der Waals surface area contributed by atoms with Crippen LogP contribution in [-0.2, 0) is 38.8 Å². The van der Waals surface area contributed by atoms with Crippen LogP contribution < -0.4 is 10.3 Å². The molecule has 3 aromatic rings. The molecule has 0 aliphatic heterocycles. The van der Waals surface area contributed by atoms with Gasteiger partial charge < -0.3 is 14.3 Å². The molecule has 2 N–H and O–H groups in total. The molecule has 1 aromatic heterocycles. The molecular weight excluding hydrogens is 479 g/mol. The van der Waals surface area contributed by atoms with E-state index in [9.17, 15) is 36.3 Å². The van der Waals surface area contributed by atoms with Crippen LogP contribution in [0.5, 0.6) is 5.75 Å². The lowest BCUT2D eigenvalue weighted by atomic mass is 10.0. The summed E-state index contributed by atoms with van der Waals surface area (Å²) in [6, 6.07) is 7.26. The number of carbonyl (C=O) groups is 1. The van der Waals surface area contributed by atoms with Crippen LogP contribution in [0.15, 0.2) is 56.6 Å². The molecular formula is C22H20F3NO7S. The summed E-state index contributed by atoms with van der Waals surface area (Å²) in [4.78, 5) is 23.3. The quantitative estimate of drug-likeness (QED) is 0.359. The first-order valence-electron chi connectivity index (χ1n) is 10.0. The number of carbonyl (C=O) groups excluding carboxylic acids is 1. The summed E-state index contributed by atoms with van der Waals surface area (Å²) in [6.07, 6.45) is -4.60. The highest BCUT2D eigenvalue weighted by Crippen LogP contribution is 2.30. The number of esters is 1. The Bertz CT molecular complexity index is 1380. The first-order valence-corrected chi connectivity index (χ1v) is 11.5. The number of phenols is 1. The van der Waals surface area contributed by atoms with Crippen molar-refractivity contribution in [1.82, 2.24) is 4.72 Å². The number of benzene rings is 2. The van der Waals surface area contributed by atoms with Crippen molar-refractivity contribution in [3.63, 3.8) is 0 Å². The average Bonchev–Trinajstić information content (AvgIpc) is 2.76. The van der Waals surface area contributed by atoms with Crippen LogP contribution in [0.2, 0.25) is 0 Å². The maximum Gasteiger partial charge on any atom is 0.416 e. The van der Waals surface area contributed by atoms with E-state index in [1.807, 2.05) is 6.92 Å². The van der Waals surface area contributed by atoms with Crippen molar-refractivity contribution in [3.05, 3.63) is 69.6 Å². The molecule has 0 saturated carbocycles. The summed E-state index contributed by atoms with van der Waals surface area (Å²) in [5.74, 6) is -0.844. The van der Waals surface area contributed by atoms with Crippen LogP contribution in [0.4, 0.5) is 13.2 Å². The van der Waals surface area contributed by atoms with Gasteiger partial charge in [-0.15, -0.1) is 0 Å². The minimum Gasteiger partial charge on any atom is -0.508 e. The predicted octanol–water partition coefficient (Wildman–Crippen LogP) is 3.49. The monoisotopic (exact) mass is 499 g/mol. The molecule has 34 heavy (non-hydrogen) atoms. The maximum absolute atomic E-state index is 12.8. The lowest BCUT2D eigenvalue weighted by Crippen LogP contribution is -2.27. The van der Waals surface area contributed by atoms with Gasteiger partial charge in [0.25, 0.3) is 0 Å². The van der Waals surface area contributed by atoms with Gasteiger partial charge in [0.15, 0.2) is 0 Å². The molecule has 12 heteroatoms. The third kappa shape index (κ3) is 5.94. The Balaban J connectivity index is 1.63. The van der Waals surface area contributed by atoms with E-state index in [1.54, 1.807) is 6.07 Å². The van der Waals surface area contributed by atoms with E-state index in [1.165, 1.54) is 6.07 Å². The topological polar surface area (TPSA) is 123 Å². The number of sulfonamides is 1. The maximum atomic E-state index is 12.8. The summed E-state index contributed by atoms with van der Waals surface area (Å²) in [5.41, 5.74) is -0.788. The van der Waals surface area contributed by atoms with Crippen molar-refractivity contribution in [1.29, 1.82) is 0 Å². The third-order valence-electron chi connectivity index (χ3n) is 4.89. The zero-order valence-electron chi connectivity index (χ0n) is 17.8. The zero-order chi connectivity index (χ0) is 25.1. The highest BCUT2D eigenvalue weighted by molar-refractivity contribution is 7.89. The molecule has 0 atom stereocenters. The first kappa shape index (κ1) is 25.2. The largest absolute Gasteiger partial charge is 0.508 e. The molecule has 0 spiro atoms. The van der Waals surface area contributed by atoms with Crippen molar-refractivity contribution in [2.75, 3.05) is 6.54 Å². The summed E-state index contributed by atoms with van der Waals surface area (Å²) < 4.78 is 75.2. The molecule has 0 amide bonds. The fourth-order valence-corrected chi connectivity index (χ4v) is 4.23. The highest BCUT2D eigenvalue weighted by Gasteiger charge is 2.31. The minimum atomic E-state index is -4.70. The van der Waals surface area contributed by atoms with Crippen LogP contribution in [-0.4, -0.2) is 26.0 Å². The number of phenolic OH excluding ortho intramolecular Hbond substituents is 1. The number of fused-ring (bicyclic) bond motifs is 1. The van der Waals surface area contributed by atoms with Crippen LogP contribution >= 0.6 is 0 Å². The van der Waals surface area contributed by atoms with Gasteiger partial charge in [-0.25, -0.2) is 17.9 Å². The Morgan fingerprint density at radius 1 is 1.15 bits per heavy atom. The molecule has 2 aromatic carbocycles. The van der Waals surface area contributed by atoms with Crippen LogP contribution in [0.25, 0.3) is 11.0 Å². The zero-order valence-corrected chi connectivity index (χ0v) is 18.6. The molecule has 0 fully saturated rings. The number of halogens is 3. The van der Waals surface area contributed by atoms with Crippen molar-refractivity contribution in [2.45, 2.75) is 37.4 Å². The number of aryl methyl sites for hydroxylation is 1. The molecule has 0 bridgehead atoms. The molecule has 8 nitrogen and oxygen atoms in total. The minimum absolute atomic E-state index is 0.0413. The molecule has 1 heterocycles. The van der Waals surface area contributed by atoms with Crippen LogP contribution in [0.3, 0.4) is 0 Å². The van der Waals surface area contributed by atoms with Crippen molar-refractivity contribution in [3.8, 4) is 5.75 Å². The number of hydrogen-bond acceptors (Lipinski definition) is 7. The number of aromatic hydroxyl groups is 1. The number of rotatable bonds is 8. The van der Waals surface area contributed by atoms with E-state index in [0.29, 0.717) is 29.0 Å². The van der Waals surface area contributed by atoms with Gasteiger partial charge >= 0.3 is 17.8 Å². The summed E-state index contributed by atoms with van der Waals surface area (Å²) in [5, 5.41) is 10.4. The van der Waals surface area contributed by atoms with Crippen molar-refractivity contribution in [2.24, 2.45) is 0 Å². The molecule has 0 aliphatic rings. The molecule has 3 rings (SSSR count). The fourth-order valence-electron chi connectivity index (χ4n) is 3.15. The molecule has 0 unspecified atom stereocenters. The van der Waals surface area contributed by atoms with Crippen molar-refractivity contribution >= 4 is 27.0 Å². The Hall–Kier alpha value is -3.38. The van der Waals surface area contributed by atoms with E-state index in [2.05, 4.69) is 4.72 Å². The second-order valence-corrected chi connectivity index (χ2v) is 9.02. The number of alkyl halides is 3. The highest BCUT2D eigenvalue weighted by atomic mass is 32.2. The summed E-state index contributed by atoms with van der Waals surface area (Å²) >= 11 is 0. The van der Waals surface area contributed by atoms with Gasteiger partial charge in [0.2, 0.25) is 10.0 Å². The van der Waals surface area contributed by atoms with E-state index in [4.69, 9.17) is 9.15 Å².